The summed E-state index contributed by atoms with van der Waals surface area (Å²) in [6.07, 6.45) is 3.80. The minimum atomic E-state index is -1.13. The molecule has 3 atom stereocenters. The summed E-state index contributed by atoms with van der Waals surface area (Å²) in [6.45, 7) is 1.39. The van der Waals surface area contributed by atoms with E-state index in [1.165, 1.54) is 23.6 Å². The van der Waals surface area contributed by atoms with Crippen LogP contribution in [0.5, 0.6) is 0 Å². The Morgan fingerprint density at radius 3 is 2.52 bits per heavy atom. The van der Waals surface area contributed by atoms with Gasteiger partial charge in [0.15, 0.2) is 0 Å². The molecule has 3 unspecified atom stereocenters. The van der Waals surface area contributed by atoms with Crippen molar-refractivity contribution >= 4 is 58.7 Å². The molecule has 1 heterocycles. The van der Waals surface area contributed by atoms with E-state index in [2.05, 4.69) is 10.6 Å². The van der Waals surface area contributed by atoms with Gasteiger partial charge in [-0.1, -0.05) is 40.9 Å². The van der Waals surface area contributed by atoms with Crippen LogP contribution in [0.3, 0.4) is 0 Å². The second-order valence-electron chi connectivity index (χ2n) is 8.01. The van der Waals surface area contributed by atoms with Crippen LogP contribution in [0.2, 0.25) is 10.0 Å². The maximum atomic E-state index is 12.6. The smallest absolute Gasteiger partial charge is 0.326 e. The highest BCUT2D eigenvalue weighted by molar-refractivity contribution is 7.99. The Morgan fingerprint density at radius 2 is 1.94 bits per heavy atom. The third-order valence-electron chi connectivity index (χ3n) is 5.70. The lowest BCUT2D eigenvalue weighted by Crippen LogP contribution is -2.51. The van der Waals surface area contributed by atoms with Gasteiger partial charge in [0.05, 0.1) is 21.5 Å². The van der Waals surface area contributed by atoms with Crippen LogP contribution in [0.4, 0.5) is 0 Å². The summed E-state index contributed by atoms with van der Waals surface area (Å²) in [5.74, 6) is -1.30. The Morgan fingerprint density at radius 1 is 1.24 bits per heavy atom. The molecule has 3 amide bonds. The number of nitrogens with zero attached hydrogens (tertiary/aromatic N) is 1. The van der Waals surface area contributed by atoms with Crippen LogP contribution in [0.15, 0.2) is 29.8 Å². The van der Waals surface area contributed by atoms with Gasteiger partial charge in [-0.15, -0.1) is 11.8 Å². The van der Waals surface area contributed by atoms with E-state index in [0.29, 0.717) is 30.9 Å². The van der Waals surface area contributed by atoms with E-state index in [0.717, 1.165) is 5.57 Å². The lowest BCUT2D eigenvalue weighted by atomic mass is 9.91. The van der Waals surface area contributed by atoms with Crippen molar-refractivity contribution < 1.29 is 24.3 Å². The first-order valence-corrected chi connectivity index (χ1v) is 12.4. The number of amides is 3. The average molecular weight is 514 g/mol. The summed E-state index contributed by atoms with van der Waals surface area (Å²) < 4.78 is 0. The Hall–Kier alpha value is -2.23. The fourth-order valence-electron chi connectivity index (χ4n) is 3.88. The molecule has 0 aromatic heterocycles. The summed E-state index contributed by atoms with van der Waals surface area (Å²) in [5.41, 5.74) is 1.13. The number of aliphatic carboxylic acids is 1. The molecular weight excluding hydrogens is 489 g/mol. The minimum Gasteiger partial charge on any atom is -0.480 e. The van der Waals surface area contributed by atoms with Crippen LogP contribution >= 0.6 is 35.0 Å². The Kier molecular flexibility index (Phi) is 8.67. The predicted molar refractivity (Wildman–Crippen MR) is 127 cm³/mol. The Balaban J connectivity index is 1.57. The van der Waals surface area contributed by atoms with Crippen LogP contribution in [-0.4, -0.2) is 63.5 Å². The van der Waals surface area contributed by atoms with Crippen molar-refractivity contribution in [2.45, 2.75) is 50.7 Å². The average Bonchev–Trinajstić information content (AvgIpc) is 3.25. The van der Waals surface area contributed by atoms with E-state index in [9.17, 15) is 24.3 Å². The molecule has 1 aliphatic carbocycles. The van der Waals surface area contributed by atoms with E-state index >= 15 is 0 Å². The van der Waals surface area contributed by atoms with Gasteiger partial charge in [-0.3, -0.25) is 14.4 Å². The first kappa shape index (κ1) is 25.4. The van der Waals surface area contributed by atoms with Crippen molar-refractivity contribution in [1.29, 1.82) is 0 Å². The second kappa shape index (κ2) is 11.3. The van der Waals surface area contributed by atoms with Crippen LogP contribution in [-0.2, 0) is 14.4 Å². The molecule has 178 valence electrons. The number of carbonyl (C=O) groups is 4. The normalized spacial score (nSPS) is 21.2. The molecule has 0 bridgehead atoms. The maximum Gasteiger partial charge on any atom is 0.326 e. The van der Waals surface area contributed by atoms with Crippen LogP contribution in [0, 0.1) is 0 Å². The molecule has 0 spiro atoms. The molecular formula is C22H25Cl2N3O5S. The largest absolute Gasteiger partial charge is 0.480 e. The van der Waals surface area contributed by atoms with E-state index in [-0.39, 0.29) is 39.9 Å². The Bertz CT molecular complexity index is 967. The summed E-state index contributed by atoms with van der Waals surface area (Å²) in [7, 11) is 0. The summed E-state index contributed by atoms with van der Waals surface area (Å²) in [4.78, 5) is 50.1. The van der Waals surface area contributed by atoms with E-state index in [4.69, 9.17) is 23.2 Å². The second-order valence-corrected chi connectivity index (χ2v) is 9.83. The quantitative estimate of drug-likeness (QED) is 0.482. The number of carbonyl (C=O) groups excluding carboxylic acids is 3. The van der Waals surface area contributed by atoms with Crippen molar-refractivity contribution in [2.24, 2.45) is 0 Å². The zero-order valence-corrected chi connectivity index (χ0v) is 20.3. The molecule has 1 aromatic rings. The SMILES string of the molecule is CC(=O)N1CSCC1C(=O)NC(CC1=CCC(NC(=O)c2c(Cl)cccc2Cl)CC1)C(=O)O. The molecule has 33 heavy (non-hydrogen) atoms. The molecule has 11 heteroatoms. The highest BCUT2D eigenvalue weighted by Gasteiger charge is 2.35. The van der Waals surface area contributed by atoms with Crippen molar-refractivity contribution in [3.05, 3.63) is 45.5 Å². The van der Waals surface area contributed by atoms with Gasteiger partial charge in [-0.2, -0.15) is 0 Å². The zero-order chi connectivity index (χ0) is 24.1. The maximum absolute atomic E-state index is 12.6. The monoisotopic (exact) mass is 513 g/mol. The van der Waals surface area contributed by atoms with Gasteiger partial charge in [0.1, 0.15) is 12.1 Å². The molecule has 8 nitrogen and oxygen atoms in total. The van der Waals surface area contributed by atoms with Crippen LogP contribution in [0.25, 0.3) is 0 Å². The fourth-order valence-corrected chi connectivity index (χ4v) is 5.67. The van der Waals surface area contributed by atoms with Crippen molar-refractivity contribution in [2.75, 3.05) is 11.6 Å². The highest BCUT2D eigenvalue weighted by atomic mass is 35.5. The first-order valence-electron chi connectivity index (χ1n) is 10.5. The minimum absolute atomic E-state index is 0.133. The van der Waals surface area contributed by atoms with Crippen molar-refractivity contribution in [3.63, 3.8) is 0 Å². The molecule has 3 rings (SSSR count). The number of halogens is 2. The van der Waals surface area contributed by atoms with Gasteiger partial charge in [0.25, 0.3) is 5.91 Å². The van der Waals surface area contributed by atoms with Crippen molar-refractivity contribution in [1.82, 2.24) is 15.5 Å². The standard InChI is InChI=1S/C22H25Cl2N3O5S/c1-12(28)27-11-33-10-18(27)20(29)26-17(22(31)32)9-13-5-7-14(8-6-13)25-21(30)19-15(23)3-2-4-16(19)24/h2-5,14,17-18H,6-11H2,1H3,(H,25,30)(H,26,29)(H,31,32). The van der Waals surface area contributed by atoms with Gasteiger partial charge in [0.2, 0.25) is 11.8 Å². The molecule has 1 saturated heterocycles. The van der Waals surface area contributed by atoms with E-state index < -0.39 is 24.0 Å². The number of hydrogen-bond acceptors (Lipinski definition) is 5. The topological polar surface area (TPSA) is 116 Å². The summed E-state index contributed by atoms with van der Waals surface area (Å²) in [6, 6.07) is 2.98. The third-order valence-corrected chi connectivity index (χ3v) is 7.34. The number of carboxylic acids is 1. The van der Waals surface area contributed by atoms with Crippen molar-refractivity contribution in [3.8, 4) is 0 Å². The third kappa shape index (κ3) is 6.43. The molecule has 1 fully saturated rings. The van der Waals surface area contributed by atoms with Gasteiger partial charge in [-0.05, 0) is 37.8 Å². The predicted octanol–water partition coefficient (Wildman–Crippen LogP) is 3.08. The molecule has 1 aromatic carbocycles. The fraction of sp³-hybridized carbons (Fsp3) is 0.455. The van der Waals surface area contributed by atoms with Gasteiger partial charge >= 0.3 is 5.97 Å². The summed E-state index contributed by atoms with van der Waals surface area (Å²) >= 11 is 13.7. The van der Waals surface area contributed by atoms with Crippen LogP contribution in [0.1, 0.15) is 43.0 Å². The molecule has 0 saturated carbocycles. The lowest BCUT2D eigenvalue weighted by Gasteiger charge is -2.26. The highest BCUT2D eigenvalue weighted by Crippen LogP contribution is 2.27. The first-order chi connectivity index (χ1) is 15.7. The van der Waals surface area contributed by atoms with Gasteiger partial charge in [-0.25, -0.2) is 4.79 Å². The number of carboxylic acid groups (broad SMARTS) is 1. The van der Waals surface area contributed by atoms with E-state index in [1.807, 2.05) is 6.08 Å². The lowest BCUT2D eigenvalue weighted by molar-refractivity contribution is -0.143. The molecule has 2 aliphatic rings. The molecule has 3 N–H and O–H groups in total. The number of benzene rings is 1. The zero-order valence-electron chi connectivity index (χ0n) is 18.0. The number of thioether (sulfide) groups is 1. The van der Waals surface area contributed by atoms with Gasteiger partial charge < -0.3 is 20.6 Å². The molecule has 1 aliphatic heterocycles. The summed E-state index contributed by atoms with van der Waals surface area (Å²) in [5, 5.41) is 15.7. The van der Waals surface area contributed by atoms with Crippen LogP contribution < -0.4 is 10.6 Å². The molecule has 0 radical (unpaired) electrons. The van der Waals surface area contributed by atoms with E-state index in [1.54, 1.807) is 18.2 Å². The number of nitrogens with one attached hydrogen (secondary N) is 2. The number of hydrogen-bond donors (Lipinski definition) is 3. The van der Waals surface area contributed by atoms with Gasteiger partial charge in [0, 0.05) is 18.7 Å². The number of rotatable bonds is 7. The Labute approximate surface area is 206 Å².